The van der Waals surface area contributed by atoms with Crippen LogP contribution in [-0.2, 0) is 4.79 Å². The Labute approximate surface area is 106 Å². The van der Waals surface area contributed by atoms with E-state index in [1.165, 1.54) is 0 Å². The molecule has 4 heteroatoms. The summed E-state index contributed by atoms with van der Waals surface area (Å²) in [6.07, 6.45) is 2.97. The Kier molecular flexibility index (Phi) is 9.09. The molecule has 0 radical (unpaired) electrons. The van der Waals surface area contributed by atoms with Gasteiger partial charge in [-0.1, -0.05) is 13.8 Å². The van der Waals surface area contributed by atoms with Crippen LogP contribution >= 0.6 is 0 Å². The SMILES string of the molecule is CCCN(CCCN)C(C)C(=O)NC(C)CC. The van der Waals surface area contributed by atoms with E-state index in [4.69, 9.17) is 5.73 Å². The van der Waals surface area contributed by atoms with Crippen LogP contribution in [0, 0.1) is 0 Å². The van der Waals surface area contributed by atoms with Crippen LogP contribution in [0.15, 0.2) is 0 Å². The zero-order valence-corrected chi connectivity index (χ0v) is 11.8. The highest BCUT2D eigenvalue weighted by Crippen LogP contribution is 2.03. The molecule has 102 valence electrons. The van der Waals surface area contributed by atoms with Gasteiger partial charge in [0.2, 0.25) is 5.91 Å². The van der Waals surface area contributed by atoms with E-state index in [-0.39, 0.29) is 18.0 Å². The minimum atomic E-state index is -0.0597. The first-order chi connectivity index (χ1) is 8.06. The molecule has 0 rings (SSSR count). The summed E-state index contributed by atoms with van der Waals surface area (Å²) in [5.41, 5.74) is 5.52. The van der Waals surface area contributed by atoms with E-state index in [1.807, 2.05) is 13.8 Å². The summed E-state index contributed by atoms with van der Waals surface area (Å²) in [6.45, 7) is 10.8. The maximum absolute atomic E-state index is 12.0. The third-order valence-electron chi connectivity index (χ3n) is 3.09. The Morgan fingerprint density at radius 1 is 1.29 bits per heavy atom. The summed E-state index contributed by atoms with van der Waals surface area (Å²) in [6, 6.07) is 0.193. The number of nitrogens with one attached hydrogen (secondary N) is 1. The van der Waals surface area contributed by atoms with Gasteiger partial charge in [0, 0.05) is 12.6 Å². The van der Waals surface area contributed by atoms with E-state index in [1.54, 1.807) is 0 Å². The van der Waals surface area contributed by atoms with Crippen molar-refractivity contribution >= 4 is 5.91 Å². The average molecular weight is 243 g/mol. The maximum Gasteiger partial charge on any atom is 0.237 e. The van der Waals surface area contributed by atoms with Gasteiger partial charge in [0.1, 0.15) is 0 Å². The molecular formula is C13H29N3O. The number of nitrogens with zero attached hydrogens (tertiary/aromatic N) is 1. The molecule has 0 aromatic heterocycles. The Morgan fingerprint density at radius 3 is 2.41 bits per heavy atom. The molecule has 0 aliphatic carbocycles. The second-order valence-electron chi connectivity index (χ2n) is 4.67. The molecule has 2 atom stereocenters. The fourth-order valence-electron chi connectivity index (χ4n) is 1.71. The van der Waals surface area contributed by atoms with Crippen molar-refractivity contribution in [1.29, 1.82) is 0 Å². The van der Waals surface area contributed by atoms with Crippen LogP contribution in [0.1, 0.15) is 47.0 Å². The zero-order chi connectivity index (χ0) is 13.3. The van der Waals surface area contributed by atoms with E-state index < -0.39 is 0 Å². The molecule has 0 aliphatic heterocycles. The van der Waals surface area contributed by atoms with Crippen molar-refractivity contribution in [1.82, 2.24) is 10.2 Å². The lowest BCUT2D eigenvalue weighted by Gasteiger charge is -2.28. The van der Waals surface area contributed by atoms with Crippen LogP contribution in [0.3, 0.4) is 0 Å². The van der Waals surface area contributed by atoms with Crippen LogP contribution in [0.2, 0.25) is 0 Å². The predicted molar refractivity (Wildman–Crippen MR) is 72.9 cm³/mol. The highest BCUT2D eigenvalue weighted by atomic mass is 16.2. The van der Waals surface area contributed by atoms with E-state index in [0.717, 1.165) is 32.4 Å². The number of hydrogen-bond acceptors (Lipinski definition) is 3. The van der Waals surface area contributed by atoms with Gasteiger partial charge in [-0.05, 0) is 46.2 Å². The van der Waals surface area contributed by atoms with Gasteiger partial charge >= 0.3 is 0 Å². The van der Waals surface area contributed by atoms with E-state index >= 15 is 0 Å². The molecule has 0 spiro atoms. The molecule has 4 nitrogen and oxygen atoms in total. The van der Waals surface area contributed by atoms with Crippen LogP contribution in [0.5, 0.6) is 0 Å². The Morgan fingerprint density at radius 2 is 1.94 bits per heavy atom. The van der Waals surface area contributed by atoms with Gasteiger partial charge < -0.3 is 11.1 Å². The van der Waals surface area contributed by atoms with Crippen LogP contribution in [0.4, 0.5) is 0 Å². The monoisotopic (exact) mass is 243 g/mol. The average Bonchev–Trinajstić information content (AvgIpc) is 2.33. The molecule has 17 heavy (non-hydrogen) atoms. The number of rotatable bonds is 9. The van der Waals surface area contributed by atoms with Gasteiger partial charge in [-0.2, -0.15) is 0 Å². The smallest absolute Gasteiger partial charge is 0.237 e. The quantitative estimate of drug-likeness (QED) is 0.643. The fourth-order valence-corrected chi connectivity index (χ4v) is 1.71. The van der Waals surface area contributed by atoms with Crippen LogP contribution in [0.25, 0.3) is 0 Å². The highest BCUT2D eigenvalue weighted by molar-refractivity contribution is 5.81. The normalized spacial score (nSPS) is 14.7. The largest absolute Gasteiger partial charge is 0.352 e. The zero-order valence-electron chi connectivity index (χ0n) is 11.8. The predicted octanol–water partition coefficient (Wildman–Crippen LogP) is 1.35. The Bertz CT molecular complexity index is 209. The van der Waals surface area contributed by atoms with Crippen LogP contribution < -0.4 is 11.1 Å². The molecule has 0 aliphatic rings. The lowest BCUT2D eigenvalue weighted by Crippen LogP contribution is -2.48. The third kappa shape index (κ3) is 6.64. The topological polar surface area (TPSA) is 58.4 Å². The second-order valence-corrected chi connectivity index (χ2v) is 4.67. The van der Waals surface area contributed by atoms with Crippen molar-refractivity contribution in [3.63, 3.8) is 0 Å². The molecule has 0 heterocycles. The van der Waals surface area contributed by atoms with Gasteiger partial charge in [0.25, 0.3) is 0 Å². The van der Waals surface area contributed by atoms with Crippen molar-refractivity contribution in [3.8, 4) is 0 Å². The third-order valence-corrected chi connectivity index (χ3v) is 3.09. The fraction of sp³-hybridized carbons (Fsp3) is 0.923. The number of carbonyl (C=O) groups is 1. The van der Waals surface area contributed by atoms with Gasteiger partial charge in [0.15, 0.2) is 0 Å². The second kappa shape index (κ2) is 9.42. The van der Waals surface area contributed by atoms with Gasteiger partial charge in [0.05, 0.1) is 6.04 Å². The van der Waals surface area contributed by atoms with E-state index in [0.29, 0.717) is 6.54 Å². The van der Waals surface area contributed by atoms with E-state index in [9.17, 15) is 4.79 Å². The van der Waals surface area contributed by atoms with Crippen molar-refractivity contribution in [2.24, 2.45) is 5.73 Å². The molecule has 3 N–H and O–H groups in total. The van der Waals surface area contributed by atoms with Crippen molar-refractivity contribution < 1.29 is 4.79 Å². The van der Waals surface area contributed by atoms with E-state index in [2.05, 4.69) is 24.1 Å². The van der Waals surface area contributed by atoms with Crippen molar-refractivity contribution in [2.45, 2.75) is 59.0 Å². The lowest BCUT2D eigenvalue weighted by molar-refractivity contribution is -0.126. The van der Waals surface area contributed by atoms with Crippen LogP contribution in [-0.4, -0.2) is 42.5 Å². The first kappa shape index (κ1) is 16.4. The first-order valence-electron chi connectivity index (χ1n) is 6.81. The number of hydrogen-bond donors (Lipinski definition) is 2. The standard InChI is InChI=1S/C13H29N3O/c1-5-9-16(10-7-8-14)12(4)13(17)15-11(3)6-2/h11-12H,5-10,14H2,1-4H3,(H,15,17). The van der Waals surface area contributed by atoms with Gasteiger partial charge in [-0.25, -0.2) is 0 Å². The molecule has 0 saturated heterocycles. The molecule has 0 aromatic carbocycles. The van der Waals surface area contributed by atoms with Crippen molar-refractivity contribution in [2.75, 3.05) is 19.6 Å². The van der Waals surface area contributed by atoms with Gasteiger partial charge in [-0.15, -0.1) is 0 Å². The summed E-state index contributed by atoms with van der Waals surface area (Å²) in [5.74, 6) is 0.129. The summed E-state index contributed by atoms with van der Waals surface area (Å²) in [5, 5.41) is 3.03. The summed E-state index contributed by atoms with van der Waals surface area (Å²) in [7, 11) is 0. The highest BCUT2D eigenvalue weighted by Gasteiger charge is 2.20. The summed E-state index contributed by atoms with van der Waals surface area (Å²) in [4.78, 5) is 14.2. The lowest BCUT2D eigenvalue weighted by atomic mass is 10.2. The molecular weight excluding hydrogens is 214 g/mol. The Balaban J connectivity index is 4.26. The molecule has 0 aromatic rings. The molecule has 1 amide bonds. The summed E-state index contributed by atoms with van der Waals surface area (Å²) >= 11 is 0. The Hall–Kier alpha value is -0.610. The van der Waals surface area contributed by atoms with Gasteiger partial charge in [-0.3, -0.25) is 9.69 Å². The maximum atomic E-state index is 12.0. The number of nitrogens with two attached hydrogens (primary N) is 1. The molecule has 0 saturated carbocycles. The molecule has 0 bridgehead atoms. The molecule has 0 fully saturated rings. The first-order valence-corrected chi connectivity index (χ1v) is 6.81. The minimum Gasteiger partial charge on any atom is -0.352 e. The number of amides is 1. The van der Waals surface area contributed by atoms with Crippen molar-refractivity contribution in [3.05, 3.63) is 0 Å². The molecule has 2 unspecified atom stereocenters. The minimum absolute atomic E-state index is 0.0597. The summed E-state index contributed by atoms with van der Waals surface area (Å²) < 4.78 is 0. The number of carbonyl (C=O) groups excluding carboxylic acids is 1.